The van der Waals surface area contributed by atoms with Gasteiger partial charge in [-0.2, -0.15) is 4.98 Å². The zero-order valence-electron chi connectivity index (χ0n) is 16.5. The fourth-order valence-corrected chi connectivity index (χ4v) is 2.83. The number of carbonyl (C=O) groups is 1. The van der Waals surface area contributed by atoms with Crippen LogP contribution in [0.25, 0.3) is 0 Å². The van der Waals surface area contributed by atoms with E-state index < -0.39 is 0 Å². The number of aromatic nitrogens is 2. The Morgan fingerprint density at radius 2 is 2.04 bits per heavy atom. The summed E-state index contributed by atoms with van der Waals surface area (Å²) in [6.45, 7) is 10.1. The second-order valence-electron chi connectivity index (χ2n) is 6.47. The van der Waals surface area contributed by atoms with Gasteiger partial charge in [0.1, 0.15) is 6.54 Å². The molecule has 0 spiro atoms. The number of guanidine groups is 1. The van der Waals surface area contributed by atoms with Gasteiger partial charge in [0.15, 0.2) is 11.8 Å². The minimum absolute atomic E-state index is 0. The van der Waals surface area contributed by atoms with E-state index in [1.807, 2.05) is 6.92 Å². The van der Waals surface area contributed by atoms with E-state index in [0.717, 1.165) is 51.4 Å². The van der Waals surface area contributed by atoms with Gasteiger partial charge in [-0.25, -0.2) is 4.99 Å². The molecule has 9 nitrogen and oxygen atoms in total. The first kappa shape index (κ1) is 23.6. The Hall–Kier alpha value is -1.43. The van der Waals surface area contributed by atoms with Gasteiger partial charge >= 0.3 is 0 Å². The number of amides is 1. The number of halogens is 1. The predicted octanol–water partition coefficient (Wildman–Crippen LogP) is 1.04. The van der Waals surface area contributed by atoms with E-state index >= 15 is 0 Å². The van der Waals surface area contributed by atoms with E-state index in [2.05, 4.69) is 42.9 Å². The van der Waals surface area contributed by atoms with E-state index in [-0.39, 0.29) is 29.9 Å². The second-order valence-corrected chi connectivity index (χ2v) is 6.47. The van der Waals surface area contributed by atoms with Crippen molar-refractivity contribution in [1.29, 1.82) is 0 Å². The molecule has 1 saturated heterocycles. The summed E-state index contributed by atoms with van der Waals surface area (Å²) in [4.78, 5) is 22.7. The topological polar surface area (TPSA) is 108 Å². The van der Waals surface area contributed by atoms with Gasteiger partial charge in [0.2, 0.25) is 11.8 Å². The molecule has 1 aromatic heterocycles. The highest BCUT2D eigenvalue weighted by molar-refractivity contribution is 14.0. The average molecular weight is 493 g/mol. The molecule has 0 aromatic carbocycles. The van der Waals surface area contributed by atoms with Crippen LogP contribution < -0.4 is 16.0 Å². The molecule has 3 N–H and O–H groups in total. The van der Waals surface area contributed by atoms with E-state index in [9.17, 15) is 4.79 Å². The van der Waals surface area contributed by atoms with E-state index in [1.54, 1.807) is 6.92 Å². The van der Waals surface area contributed by atoms with Gasteiger partial charge in [-0.05, 0) is 26.2 Å². The molecular weight excluding hydrogens is 461 g/mol. The Balaban J connectivity index is 0.00000364. The highest BCUT2D eigenvalue weighted by Crippen LogP contribution is 2.10. The number of aliphatic imine (C=N–C) groups is 1. The van der Waals surface area contributed by atoms with Crippen molar-refractivity contribution in [3.63, 3.8) is 0 Å². The minimum atomic E-state index is 0. The number of hydrogen-bond donors (Lipinski definition) is 3. The largest absolute Gasteiger partial charge is 0.357 e. The third kappa shape index (κ3) is 8.87. The van der Waals surface area contributed by atoms with E-state index in [4.69, 9.17) is 4.52 Å². The molecule has 2 heterocycles. The second kappa shape index (κ2) is 12.9. The summed E-state index contributed by atoms with van der Waals surface area (Å²) in [5.41, 5.74) is 0. The summed E-state index contributed by atoms with van der Waals surface area (Å²) in [7, 11) is 0. The van der Waals surface area contributed by atoms with Crippen molar-refractivity contribution in [2.75, 3.05) is 32.7 Å². The normalized spacial score (nSPS) is 15.9. The van der Waals surface area contributed by atoms with Gasteiger partial charge in [0.25, 0.3) is 0 Å². The van der Waals surface area contributed by atoms with Crippen LogP contribution in [-0.2, 0) is 11.3 Å². The van der Waals surface area contributed by atoms with Gasteiger partial charge in [0, 0.05) is 39.1 Å². The van der Waals surface area contributed by atoms with Gasteiger partial charge in [0.05, 0.1) is 6.54 Å². The zero-order valence-corrected chi connectivity index (χ0v) is 18.8. The molecule has 2 rings (SSSR count). The summed E-state index contributed by atoms with van der Waals surface area (Å²) in [6.07, 6.45) is 2.92. The third-order valence-corrected chi connectivity index (χ3v) is 4.16. The quantitative estimate of drug-likeness (QED) is 0.282. The van der Waals surface area contributed by atoms with Crippen LogP contribution in [0.5, 0.6) is 0 Å². The van der Waals surface area contributed by atoms with Gasteiger partial charge < -0.3 is 20.5 Å². The Morgan fingerprint density at radius 3 is 2.63 bits per heavy atom. The van der Waals surface area contributed by atoms with Crippen molar-refractivity contribution < 1.29 is 9.32 Å². The average Bonchev–Trinajstić information content (AvgIpc) is 3.05. The van der Waals surface area contributed by atoms with Crippen LogP contribution in [-0.4, -0.2) is 65.7 Å². The van der Waals surface area contributed by atoms with Crippen LogP contribution in [0.15, 0.2) is 9.52 Å². The summed E-state index contributed by atoms with van der Waals surface area (Å²) in [5, 5.41) is 13.5. The molecule has 1 fully saturated rings. The standard InChI is InChI=1S/C17H31N7O2.HI/c1-4-8-19-16(25)12-24-9-6-14(7-10-24)22-17(18-5-2)20-11-15-21-13(3)26-23-15;/h14H,4-12H2,1-3H3,(H,19,25)(H2,18,20,22);1H. The molecule has 1 aliphatic heterocycles. The molecule has 0 unspecified atom stereocenters. The fourth-order valence-electron chi connectivity index (χ4n) is 2.83. The molecule has 0 bridgehead atoms. The predicted molar refractivity (Wildman–Crippen MR) is 115 cm³/mol. The van der Waals surface area contributed by atoms with Crippen molar-refractivity contribution in [2.24, 2.45) is 4.99 Å². The number of hydrogen-bond acceptors (Lipinski definition) is 6. The number of nitrogens with zero attached hydrogens (tertiary/aromatic N) is 4. The maximum atomic E-state index is 11.8. The van der Waals surface area contributed by atoms with E-state index in [0.29, 0.717) is 30.8 Å². The van der Waals surface area contributed by atoms with Crippen molar-refractivity contribution >= 4 is 35.8 Å². The first-order valence-corrected chi connectivity index (χ1v) is 9.43. The third-order valence-electron chi connectivity index (χ3n) is 4.16. The lowest BCUT2D eigenvalue weighted by molar-refractivity contribution is -0.122. The van der Waals surface area contributed by atoms with Gasteiger partial charge in [-0.1, -0.05) is 12.1 Å². The lowest BCUT2D eigenvalue weighted by atomic mass is 10.1. The van der Waals surface area contributed by atoms with Crippen LogP contribution in [0.3, 0.4) is 0 Å². The number of piperidine rings is 1. The number of carbonyl (C=O) groups excluding carboxylic acids is 1. The summed E-state index contributed by atoms with van der Waals surface area (Å²) >= 11 is 0. The molecule has 154 valence electrons. The Bertz CT molecular complexity index is 586. The molecular formula is C17H32IN7O2. The summed E-state index contributed by atoms with van der Waals surface area (Å²) in [5.74, 6) is 1.99. The molecule has 10 heteroatoms. The molecule has 0 saturated carbocycles. The highest BCUT2D eigenvalue weighted by atomic mass is 127. The van der Waals surface area contributed by atoms with Crippen molar-refractivity contribution in [3.05, 3.63) is 11.7 Å². The molecule has 0 atom stereocenters. The van der Waals surface area contributed by atoms with Crippen molar-refractivity contribution in [1.82, 2.24) is 31.0 Å². The van der Waals surface area contributed by atoms with Gasteiger partial charge in [-0.3, -0.25) is 9.69 Å². The Kier molecular flexibility index (Phi) is 11.3. The molecule has 0 aliphatic carbocycles. The van der Waals surface area contributed by atoms with Crippen LogP contribution in [0.4, 0.5) is 0 Å². The SMILES string of the molecule is CCCNC(=O)CN1CCC(NC(=NCc2noc(C)n2)NCC)CC1.I. The Morgan fingerprint density at radius 1 is 1.30 bits per heavy atom. The highest BCUT2D eigenvalue weighted by Gasteiger charge is 2.21. The van der Waals surface area contributed by atoms with Crippen LogP contribution in [0.1, 0.15) is 44.8 Å². The van der Waals surface area contributed by atoms with Gasteiger partial charge in [-0.15, -0.1) is 24.0 Å². The van der Waals surface area contributed by atoms with Crippen LogP contribution in [0.2, 0.25) is 0 Å². The lowest BCUT2D eigenvalue weighted by Gasteiger charge is -2.32. The number of likely N-dealkylation sites (tertiary alicyclic amines) is 1. The van der Waals surface area contributed by atoms with Crippen molar-refractivity contribution in [3.8, 4) is 0 Å². The van der Waals surface area contributed by atoms with E-state index in [1.165, 1.54) is 0 Å². The minimum Gasteiger partial charge on any atom is -0.357 e. The molecule has 27 heavy (non-hydrogen) atoms. The fraction of sp³-hybridized carbons (Fsp3) is 0.765. The monoisotopic (exact) mass is 493 g/mol. The maximum absolute atomic E-state index is 11.8. The molecule has 1 aromatic rings. The zero-order chi connectivity index (χ0) is 18.8. The van der Waals surface area contributed by atoms with Crippen LogP contribution >= 0.6 is 24.0 Å². The lowest BCUT2D eigenvalue weighted by Crippen LogP contribution is -2.50. The maximum Gasteiger partial charge on any atom is 0.234 e. The molecule has 1 amide bonds. The number of nitrogens with one attached hydrogen (secondary N) is 3. The Labute approximate surface area is 178 Å². The van der Waals surface area contributed by atoms with Crippen LogP contribution in [0, 0.1) is 6.92 Å². The first-order valence-electron chi connectivity index (χ1n) is 9.43. The summed E-state index contributed by atoms with van der Waals surface area (Å²) < 4.78 is 4.97. The van der Waals surface area contributed by atoms with Crippen molar-refractivity contribution in [2.45, 2.75) is 52.6 Å². The molecule has 0 radical (unpaired) electrons. The number of rotatable bonds is 8. The first-order chi connectivity index (χ1) is 12.6. The number of aryl methyl sites for hydroxylation is 1. The smallest absolute Gasteiger partial charge is 0.234 e. The molecule has 1 aliphatic rings. The summed E-state index contributed by atoms with van der Waals surface area (Å²) in [6, 6.07) is 0.342.